The molecule has 2 aromatic carbocycles. The fourth-order valence-electron chi connectivity index (χ4n) is 2.70. The Bertz CT molecular complexity index is 838. The average Bonchev–Trinajstić information content (AvgIpc) is 3.47. The Morgan fingerprint density at radius 1 is 1.04 bits per heavy atom. The lowest BCUT2D eigenvalue weighted by Gasteiger charge is -2.22. The van der Waals surface area contributed by atoms with E-state index in [2.05, 4.69) is 10.9 Å². The largest absolute Gasteiger partial charge is 0.287 e. The Balaban J connectivity index is 1.58. The quantitative estimate of drug-likeness (QED) is 0.716. The number of hydrogen-bond donors (Lipinski definition) is 2. The van der Waals surface area contributed by atoms with Crippen molar-refractivity contribution in [1.29, 1.82) is 0 Å². The molecule has 1 saturated carbocycles. The van der Waals surface area contributed by atoms with E-state index in [0.29, 0.717) is 10.6 Å². The summed E-state index contributed by atoms with van der Waals surface area (Å²) in [7, 11) is 0. The van der Waals surface area contributed by atoms with Crippen molar-refractivity contribution in [2.75, 3.05) is 6.54 Å². The number of amides is 2. The summed E-state index contributed by atoms with van der Waals surface area (Å²) < 4.78 is 14.0. The van der Waals surface area contributed by atoms with Gasteiger partial charge in [0.15, 0.2) is 0 Å². The standard InChI is InChI=1S/C19H18Cl2FN3O2/c20-15-5-2-1-4-13(15)19(27)24-23-18(26)11-25(12-8-9-12)10-14-16(21)6-3-7-17(14)22/h1-7,12H,8-11H2,(H,23,26)(H,24,27). The molecular formula is C19H18Cl2FN3O2. The summed E-state index contributed by atoms with van der Waals surface area (Å²) in [4.78, 5) is 26.2. The minimum Gasteiger partial charge on any atom is -0.287 e. The second kappa shape index (κ2) is 8.69. The number of carbonyl (C=O) groups excluding carboxylic acids is 2. The van der Waals surface area contributed by atoms with Crippen LogP contribution in [0.3, 0.4) is 0 Å². The summed E-state index contributed by atoms with van der Waals surface area (Å²) in [6.45, 7) is 0.236. The lowest BCUT2D eigenvalue weighted by Crippen LogP contribution is -2.46. The van der Waals surface area contributed by atoms with Gasteiger partial charge in [-0.2, -0.15) is 0 Å². The maximum Gasteiger partial charge on any atom is 0.271 e. The fourth-order valence-corrected chi connectivity index (χ4v) is 3.15. The molecule has 142 valence electrons. The maximum atomic E-state index is 14.0. The van der Waals surface area contributed by atoms with Crippen LogP contribution in [0, 0.1) is 5.82 Å². The van der Waals surface area contributed by atoms with Gasteiger partial charge in [0.25, 0.3) is 11.8 Å². The van der Waals surface area contributed by atoms with Crippen LogP contribution in [0.2, 0.25) is 10.0 Å². The zero-order valence-corrected chi connectivity index (χ0v) is 15.9. The molecular weight excluding hydrogens is 392 g/mol. The highest BCUT2D eigenvalue weighted by molar-refractivity contribution is 6.33. The molecule has 2 amide bonds. The molecule has 0 saturated heterocycles. The molecule has 2 aromatic rings. The Morgan fingerprint density at radius 2 is 1.74 bits per heavy atom. The van der Waals surface area contributed by atoms with Gasteiger partial charge in [0, 0.05) is 23.2 Å². The average molecular weight is 410 g/mol. The van der Waals surface area contributed by atoms with Gasteiger partial charge in [-0.05, 0) is 37.1 Å². The van der Waals surface area contributed by atoms with E-state index < -0.39 is 17.6 Å². The highest BCUT2D eigenvalue weighted by Gasteiger charge is 2.31. The van der Waals surface area contributed by atoms with Crippen LogP contribution < -0.4 is 10.9 Å². The van der Waals surface area contributed by atoms with Gasteiger partial charge in [0.05, 0.1) is 17.1 Å². The van der Waals surface area contributed by atoms with Gasteiger partial charge in [-0.15, -0.1) is 0 Å². The van der Waals surface area contributed by atoms with Crippen molar-refractivity contribution in [3.05, 3.63) is 69.5 Å². The lowest BCUT2D eigenvalue weighted by molar-refractivity contribution is -0.123. The Hall–Kier alpha value is -2.15. The van der Waals surface area contributed by atoms with Crippen LogP contribution in [0.4, 0.5) is 4.39 Å². The minimum absolute atomic E-state index is 0.0120. The van der Waals surface area contributed by atoms with Crippen molar-refractivity contribution < 1.29 is 14.0 Å². The molecule has 0 unspecified atom stereocenters. The van der Waals surface area contributed by atoms with Gasteiger partial charge in [0.1, 0.15) is 5.82 Å². The van der Waals surface area contributed by atoms with Crippen molar-refractivity contribution >= 4 is 35.0 Å². The molecule has 0 aromatic heterocycles. The molecule has 0 aliphatic heterocycles. The van der Waals surface area contributed by atoms with E-state index >= 15 is 0 Å². The van der Waals surface area contributed by atoms with E-state index in [4.69, 9.17) is 23.2 Å². The Kier molecular flexibility index (Phi) is 6.31. The second-order valence-electron chi connectivity index (χ2n) is 6.32. The lowest BCUT2D eigenvalue weighted by atomic mass is 10.2. The first-order chi connectivity index (χ1) is 13.0. The van der Waals surface area contributed by atoms with Crippen LogP contribution >= 0.6 is 23.2 Å². The van der Waals surface area contributed by atoms with Crippen molar-refractivity contribution in [3.63, 3.8) is 0 Å². The normalized spacial score (nSPS) is 13.5. The number of nitrogens with zero attached hydrogens (tertiary/aromatic N) is 1. The molecule has 5 nitrogen and oxygen atoms in total. The molecule has 0 atom stereocenters. The van der Waals surface area contributed by atoms with Crippen LogP contribution in [0.5, 0.6) is 0 Å². The summed E-state index contributed by atoms with van der Waals surface area (Å²) in [6.07, 6.45) is 1.87. The highest BCUT2D eigenvalue weighted by Crippen LogP contribution is 2.30. The van der Waals surface area contributed by atoms with E-state index in [1.54, 1.807) is 36.4 Å². The number of benzene rings is 2. The zero-order valence-electron chi connectivity index (χ0n) is 14.3. The smallest absolute Gasteiger partial charge is 0.271 e. The monoisotopic (exact) mass is 409 g/mol. The first-order valence-electron chi connectivity index (χ1n) is 8.46. The Morgan fingerprint density at radius 3 is 2.41 bits per heavy atom. The van der Waals surface area contributed by atoms with Gasteiger partial charge in [-0.25, -0.2) is 4.39 Å². The Labute approximate surface area is 166 Å². The SMILES string of the molecule is O=C(CN(Cc1c(F)cccc1Cl)C1CC1)NNC(=O)c1ccccc1Cl. The first-order valence-corrected chi connectivity index (χ1v) is 9.22. The van der Waals surface area contributed by atoms with E-state index in [1.165, 1.54) is 6.07 Å². The molecule has 1 aliphatic rings. The number of halogens is 3. The summed E-state index contributed by atoms with van der Waals surface area (Å²) >= 11 is 12.0. The molecule has 8 heteroatoms. The predicted molar refractivity (Wildman–Crippen MR) is 102 cm³/mol. The molecule has 27 heavy (non-hydrogen) atoms. The second-order valence-corrected chi connectivity index (χ2v) is 7.13. The molecule has 0 spiro atoms. The van der Waals surface area contributed by atoms with E-state index in [1.807, 2.05) is 4.90 Å². The molecule has 0 radical (unpaired) electrons. The van der Waals surface area contributed by atoms with Gasteiger partial charge in [0.2, 0.25) is 0 Å². The molecule has 1 aliphatic carbocycles. The van der Waals surface area contributed by atoms with E-state index in [0.717, 1.165) is 12.8 Å². The van der Waals surface area contributed by atoms with Crippen LogP contribution in [0.25, 0.3) is 0 Å². The minimum atomic E-state index is -0.510. The first kappa shape index (κ1) is 19.6. The number of nitrogens with one attached hydrogen (secondary N) is 2. The molecule has 2 N–H and O–H groups in total. The third-order valence-electron chi connectivity index (χ3n) is 4.27. The van der Waals surface area contributed by atoms with Crippen LogP contribution in [-0.4, -0.2) is 29.3 Å². The topological polar surface area (TPSA) is 61.4 Å². The van der Waals surface area contributed by atoms with Crippen molar-refractivity contribution in [2.45, 2.75) is 25.4 Å². The summed E-state index contributed by atoms with van der Waals surface area (Å²) in [5, 5.41) is 0.617. The van der Waals surface area contributed by atoms with Crippen molar-refractivity contribution in [1.82, 2.24) is 15.8 Å². The summed E-state index contributed by atoms with van der Waals surface area (Å²) in [5.41, 5.74) is 5.33. The fraction of sp³-hybridized carbons (Fsp3) is 0.263. The molecule has 0 bridgehead atoms. The van der Waals surface area contributed by atoms with Gasteiger partial charge in [-0.3, -0.25) is 25.3 Å². The predicted octanol–water partition coefficient (Wildman–Crippen LogP) is 3.56. The van der Waals surface area contributed by atoms with Crippen molar-refractivity contribution in [2.24, 2.45) is 0 Å². The van der Waals surface area contributed by atoms with Gasteiger partial charge < -0.3 is 0 Å². The van der Waals surface area contributed by atoms with Crippen molar-refractivity contribution in [3.8, 4) is 0 Å². The number of rotatable bonds is 6. The van der Waals surface area contributed by atoms with Crippen LogP contribution in [0.1, 0.15) is 28.8 Å². The summed E-state index contributed by atoms with van der Waals surface area (Å²) in [6, 6.07) is 11.2. The van der Waals surface area contributed by atoms with E-state index in [-0.39, 0.29) is 29.7 Å². The maximum absolute atomic E-state index is 14.0. The highest BCUT2D eigenvalue weighted by atomic mass is 35.5. The number of hydrazine groups is 1. The third-order valence-corrected chi connectivity index (χ3v) is 4.95. The van der Waals surface area contributed by atoms with Gasteiger partial charge >= 0.3 is 0 Å². The van der Waals surface area contributed by atoms with Crippen LogP contribution in [0.15, 0.2) is 42.5 Å². The van der Waals surface area contributed by atoms with E-state index in [9.17, 15) is 14.0 Å². The molecule has 3 rings (SSSR count). The number of hydrogen-bond acceptors (Lipinski definition) is 3. The molecule has 1 fully saturated rings. The van der Waals surface area contributed by atoms with Crippen LogP contribution in [-0.2, 0) is 11.3 Å². The summed E-state index contributed by atoms with van der Waals surface area (Å²) in [5.74, 6) is -1.32. The zero-order chi connectivity index (χ0) is 19.4. The molecule has 0 heterocycles. The number of carbonyl (C=O) groups is 2. The third kappa shape index (κ3) is 5.19. The van der Waals surface area contributed by atoms with Gasteiger partial charge in [-0.1, -0.05) is 41.4 Å².